The van der Waals surface area contributed by atoms with E-state index in [1.165, 1.54) is 6.20 Å². The molecule has 102 valence electrons. The lowest BCUT2D eigenvalue weighted by atomic mass is 10.2. The van der Waals surface area contributed by atoms with E-state index in [9.17, 15) is 22.0 Å². The first-order valence-corrected chi connectivity index (χ1v) is 5.96. The maximum absolute atomic E-state index is 13.3. The molecule has 19 heavy (non-hydrogen) atoms. The van der Waals surface area contributed by atoms with E-state index >= 15 is 0 Å². The summed E-state index contributed by atoms with van der Waals surface area (Å²) in [6, 6.07) is 0. The van der Waals surface area contributed by atoms with Gasteiger partial charge in [0.25, 0.3) is 0 Å². The molecule has 0 spiro atoms. The summed E-state index contributed by atoms with van der Waals surface area (Å²) >= 11 is 6.55. The van der Waals surface area contributed by atoms with E-state index in [0.29, 0.717) is 4.88 Å². The van der Waals surface area contributed by atoms with Crippen molar-refractivity contribution >= 4 is 28.6 Å². The van der Waals surface area contributed by atoms with Crippen LogP contribution in [-0.2, 0) is 6.54 Å². The van der Waals surface area contributed by atoms with Crippen LogP contribution in [0.3, 0.4) is 0 Å². The number of halogens is 6. The molecule has 0 radical (unpaired) electrons. The van der Waals surface area contributed by atoms with Gasteiger partial charge in [0.1, 0.15) is 5.69 Å². The van der Waals surface area contributed by atoms with Gasteiger partial charge in [0.2, 0.25) is 5.82 Å². The number of aromatic nitrogens is 1. The van der Waals surface area contributed by atoms with Gasteiger partial charge < -0.3 is 5.32 Å². The minimum Gasteiger partial charge on any atom is -0.375 e. The average molecular weight is 315 g/mol. The van der Waals surface area contributed by atoms with Gasteiger partial charge in [-0.1, -0.05) is 11.6 Å². The Kier molecular flexibility index (Phi) is 3.91. The number of nitrogens with one attached hydrogen (secondary N) is 1. The normalized spacial score (nSPS) is 10.8. The molecular weight excluding hydrogens is 311 g/mol. The molecule has 0 saturated heterocycles. The molecule has 0 aliphatic rings. The predicted molar refractivity (Wildman–Crippen MR) is 60.7 cm³/mol. The molecule has 0 bridgehead atoms. The molecule has 1 aromatic heterocycles. The minimum absolute atomic E-state index is 0.164. The smallest absolute Gasteiger partial charge is 0.200 e. The molecule has 0 aliphatic heterocycles. The van der Waals surface area contributed by atoms with E-state index in [1.807, 2.05) is 0 Å². The van der Waals surface area contributed by atoms with Crippen molar-refractivity contribution in [2.75, 3.05) is 5.32 Å². The van der Waals surface area contributed by atoms with Crippen LogP contribution < -0.4 is 5.32 Å². The Bertz CT molecular complexity index is 602. The lowest BCUT2D eigenvalue weighted by Crippen LogP contribution is -2.09. The van der Waals surface area contributed by atoms with Crippen molar-refractivity contribution in [2.24, 2.45) is 0 Å². The number of thiazole rings is 1. The third-order valence-corrected chi connectivity index (χ3v) is 3.29. The number of anilines is 1. The van der Waals surface area contributed by atoms with Gasteiger partial charge in [-0.2, -0.15) is 0 Å². The van der Waals surface area contributed by atoms with Crippen LogP contribution >= 0.6 is 22.9 Å². The second kappa shape index (κ2) is 5.30. The molecule has 0 fully saturated rings. The van der Waals surface area contributed by atoms with Gasteiger partial charge in [0, 0.05) is 11.1 Å². The lowest BCUT2D eigenvalue weighted by molar-refractivity contribution is 0.381. The van der Waals surface area contributed by atoms with Crippen molar-refractivity contribution in [3.05, 3.63) is 44.6 Å². The van der Waals surface area contributed by atoms with Crippen LogP contribution in [0.15, 0.2) is 6.20 Å². The summed E-state index contributed by atoms with van der Waals surface area (Å²) in [5, 5.41) is 2.13. The Hall–Kier alpha value is -1.41. The third-order valence-electron chi connectivity index (χ3n) is 2.17. The summed E-state index contributed by atoms with van der Waals surface area (Å²) in [6.07, 6.45) is 1.33. The SMILES string of the molecule is Fc1c(F)c(F)c(NCc2cnc(Cl)s2)c(F)c1F. The van der Waals surface area contributed by atoms with E-state index in [2.05, 4.69) is 10.3 Å². The van der Waals surface area contributed by atoms with Crippen LogP contribution in [0.2, 0.25) is 4.47 Å². The molecular formula is C10H4ClF5N2S. The number of rotatable bonds is 3. The fourth-order valence-electron chi connectivity index (χ4n) is 1.30. The molecule has 1 N–H and O–H groups in total. The standard InChI is InChI=1S/C10H4ClF5N2S/c11-10-18-2-3(19-10)1-17-9-7(15)5(13)4(12)6(14)8(9)16/h2,17H,1H2. The monoisotopic (exact) mass is 314 g/mol. The molecule has 1 aromatic carbocycles. The highest BCUT2D eigenvalue weighted by atomic mass is 35.5. The third kappa shape index (κ3) is 2.64. The highest BCUT2D eigenvalue weighted by Gasteiger charge is 2.25. The maximum Gasteiger partial charge on any atom is 0.200 e. The van der Waals surface area contributed by atoms with Crippen molar-refractivity contribution in [3.63, 3.8) is 0 Å². The molecule has 0 unspecified atom stereocenters. The van der Waals surface area contributed by atoms with Crippen LogP contribution in [0.25, 0.3) is 0 Å². The quantitative estimate of drug-likeness (QED) is 0.524. The molecule has 2 aromatic rings. The second-order valence-electron chi connectivity index (χ2n) is 3.38. The van der Waals surface area contributed by atoms with Crippen molar-refractivity contribution < 1.29 is 22.0 Å². The second-order valence-corrected chi connectivity index (χ2v) is 5.08. The van der Waals surface area contributed by atoms with Crippen LogP contribution in [0.5, 0.6) is 0 Å². The summed E-state index contributed by atoms with van der Waals surface area (Å²) in [4.78, 5) is 4.15. The first-order valence-electron chi connectivity index (χ1n) is 4.77. The van der Waals surface area contributed by atoms with Crippen LogP contribution in [0, 0.1) is 29.1 Å². The molecule has 2 rings (SSSR count). The molecule has 0 atom stereocenters. The van der Waals surface area contributed by atoms with Gasteiger partial charge in [0.15, 0.2) is 27.7 Å². The first-order chi connectivity index (χ1) is 8.91. The Balaban J connectivity index is 2.30. The van der Waals surface area contributed by atoms with Gasteiger partial charge >= 0.3 is 0 Å². The Labute approximate surface area is 112 Å². The molecule has 1 heterocycles. The van der Waals surface area contributed by atoms with Gasteiger partial charge in [-0.05, 0) is 0 Å². The van der Waals surface area contributed by atoms with E-state index in [4.69, 9.17) is 11.6 Å². The number of nitrogens with zero attached hydrogens (tertiary/aromatic N) is 1. The average Bonchev–Trinajstić information content (AvgIpc) is 2.80. The van der Waals surface area contributed by atoms with Crippen molar-refractivity contribution in [1.29, 1.82) is 0 Å². The number of hydrogen-bond donors (Lipinski definition) is 1. The van der Waals surface area contributed by atoms with Crippen LogP contribution in [0.4, 0.5) is 27.6 Å². The Morgan fingerprint density at radius 2 is 1.53 bits per heavy atom. The summed E-state index contributed by atoms with van der Waals surface area (Å²) in [5.41, 5.74) is -1.08. The fraction of sp³-hybridized carbons (Fsp3) is 0.100. The van der Waals surface area contributed by atoms with E-state index in [0.717, 1.165) is 11.3 Å². The van der Waals surface area contributed by atoms with E-state index in [1.54, 1.807) is 0 Å². The first kappa shape index (κ1) is 14.0. The van der Waals surface area contributed by atoms with E-state index < -0.39 is 34.8 Å². The Morgan fingerprint density at radius 3 is 2.00 bits per heavy atom. The van der Waals surface area contributed by atoms with Gasteiger partial charge in [-0.15, -0.1) is 11.3 Å². The predicted octanol–water partition coefficient (Wildman–Crippen LogP) is 4.10. The topological polar surface area (TPSA) is 24.9 Å². The minimum atomic E-state index is -2.19. The summed E-state index contributed by atoms with van der Waals surface area (Å²) in [6.45, 7) is -0.164. The van der Waals surface area contributed by atoms with Gasteiger partial charge in [-0.25, -0.2) is 26.9 Å². The largest absolute Gasteiger partial charge is 0.375 e. The zero-order valence-corrected chi connectivity index (χ0v) is 10.5. The van der Waals surface area contributed by atoms with Crippen molar-refractivity contribution in [3.8, 4) is 0 Å². The maximum atomic E-state index is 13.3. The van der Waals surface area contributed by atoms with Crippen LogP contribution in [0.1, 0.15) is 4.88 Å². The summed E-state index contributed by atoms with van der Waals surface area (Å²) in [7, 11) is 0. The number of benzene rings is 1. The highest BCUT2D eigenvalue weighted by molar-refractivity contribution is 7.15. The zero-order valence-electron chi connectivity index (χ0n) is 8.91. The summed E-state index contributed by atoms with van der Waals surface area (Å²) < 4.78 is 65.4. The van der Waals surface area contributed by atoms with E-state index in [-0.39, 0.29) is 11.0 Å². The molecule has 0 amide bonds. The van der Waals surface area contributed by atoms with Crippen molar-refractivity contribution in [1.82, 2.24) is 4.98 Å². The van der Waals surface area contributed by atoms with Gasteiger partial charge in [-0.3, -0.25) is 0 Å². The molecule has 0 saturated carbocycles. The van der Waals surface area contributed by atoms with Crippen LogP contribution in [-0.4, -0.2) is 4.98 Å². The number of hydrogen-bond acceptors (Lipinski definition) is 3. The van der Waals surface area contributed by atoms with Crippen molar-refractivity contribution in [2.45, 2.75) is 6.54 Å². The zero-order chi connectivity index (χ0) is 14.2. The fourth-order valence-corrected chi connectivity index (χ4v) is 2.22. The molecule has 0 aliphatic carbocycles. The molecule has 2 nitrogen and oxygen atoms in total. The van der Waals surface area contributed by atoms with Gasteiger partial charge in [0.05, 0.1) is 6.54 Å². The Morgan fingerprint density at radius 1 is 1.00 bits per heavy atom. The molecule has 9 heteroatoms. The highest BCUT2D eigenvalue weighted by Crippen LogP contribution is 2.28. The summed E-state index contributed by atoms with van der Waals surface area (Å²) in [5.74, 6) is -10.0. The lowest BCUT2D eigenvalue weighted by Gasteiger charge is -2.09.